The molecule has 0 aliphatic heterocycles. The zero-order valence-corrected chi connectivity index (χ0v) is 7.53. The lowest BCUT2D eigenvalue weighted by atomic mass is 10.2. The zero-order chi connectivity index (χ0) is 8.93. The average molecular weight is 168 g/mol. The fraction of sp³-hybridized carbons (Fsp3) is 0.231. The van der Waals surface area contributed by atoms with E-state index in [9.17, 15) is 0 Å². The second-order valence-corrected chi connectivity index (χ2v) is 3.31. The summed E-state index contributed by atoms with van der Waals surface area (Å²) in [5, 5.41) is 0. The van der Waals surface area contributed by atoms with Crippen molar-refractivity contribution in [1.29, 1.82) is 0 Å². The Balaban J connectivity index is 1.94. The molecule has 1 saturated carbocycles. The van der Waals surface area contributed by atoms with Crippen LogP contribution in [0.4, 0.5) is 0 Å². The van der Waals surface area contributed by atoms with Gasteiger partial charge in [-0.1, -0.05) is 42.2 Å². The molecule has 64 valence electrons. The molecule has 0 nitrogen and oxygen atoms in total. The van der Waals surface area contributed by atoms with E-state index >= 15 is 0 Å². The predicted molar refractivity (Wildman–Crippen MR) is 56.0 cm³/mol. The van der Waals surface area contributed by atoms with Crippen LogP contribution in [0.15, 0.2) is 36.4 Å². The van der Waals surface area contributed by atoms with E-state index in [4.69, 9.17) is 0 Å². The van der Waals surface area contributed by atoms with Gasteiger partial charge >= 0.3 is 0 Å². The molecule has 1 aromatic carbocycles. The normalized spacial score (nSPS) is 15.4. The van der Waals surface area contributed by atoms with Crippen molar-refractivity contribution in [3.63, 3.8) is 0 Å². The van der Waals surface area contributed by atoms with Gasteiger partial charge in [0.05, 0.1) is 0 Å². The fourth-order valence-corrected chi connectivity index (χ4v) is 1.10. The summed E-state index contributed by atoms with van der Waals surface area (Å²) in [5.41, 5.74) is 1.22. The molecule has 0 radical (unpaired) electrons. The summed E-state index contributed by atoms with van der Waals surface area (Å²) in [6.07, 6.45) is 6.58. The first-order chi connectivity index (χ1) is 6.45. The lowest BCUT2D eigenvalue weighted by Crippen LogP contribution is -1.67. The van der Waals surface area contributed by atoms with Gasteiger partial charge in [-0.3, -0.25) is 0 Å². The molecule has 0 heterocycles. The first-order valence-electron chi connectivity index (χ1n) is 4.68. The molecule has 2 rings (SSSR count). The minimum Gasteiger partial charge on any atom is -0.0951 e. The van der Waals surface area contributed by atoms with E-state index in [1.165, 1.54) is 18.4 Å². The van der Waals surface area contributed by atoms with Gasteiger partial charge in [-0.15, -0.1) is 0 Å². The number of hydrogen-bond donors (Lipinski definition) is 0. The number of allylic oxidation sites excluding steroid dienone is 1. The van der Waals surface area contributed by atoms with E-state index < -0.39 is 0 Å². The second-order valence-electron chi connectivity index (χ2n) is 3.31. The third kappa shape index (κ3) is 2.80. The smallest absolute Gasteiger partial charge is 0.0207 e. The lowest BCUT2D eigenvalue weighted by molar-refractivity contribution is 1.18. The largest absolute Gasteiger partial charge is 0.0951 e. The van der Waals surface area contributed by atoms with Crippen LogP contribution in [0.1, 0.15) is 18.4 Å². The summed E-state index contributed by atoms with van der Waals surface area (Å²) in [5.74, 6) is 6.95. The quantitative estimate of drug-likeness (QED) is 0.565. The van der Waals surface area contributed by atoms with Crippen molar-refractivity contribution in [2.24, 2.45) is 5.92 Å². The first-order valence-corrected chi connectivity index (χ1v) is 4.68. The zero-order valence-electron chi connectivity index (χ0n) is 7.53. The standard InChI is InChI=1S/C13H12/c1-2-6-12(7-3-1)8-4-5-9-13-10-11-13/h1-4,6-8,13H,10-11H2/b8-4+. The Morgan fingerprint density at radius 2 is 1.92 bits per heavy atom. The molecule has 1 fully saturated rings. The highest BCUT2D eigenvalue weighted by Crippen LogP contribution is 2.27. The minimum atomic E-state index is 0.695. The van der Waals surface area contributed by atoms with Gasteiger partial charge in [-0.2, -0.15) is 0 Å². The first kappa shape index (κ1) is 8.13. The van der Waals surface area contributed by atoms with Crippen molar-refractivity contribution in [3.05, 3.63) is 42.0 Å². The van der Waals surface area contributed by atoms with Crippen LogP contribution in [0.25, 0.3) is 6.08 Å². The van der Waals surface area contributed by atoms with Gasteiger partial charge in [0, 0.05) is 5.92 Å². The molecule has 0 atom stereocenters. The van der Waals surface area contributed by atoms with Crippen molar-refractivity contribution < 1.29 is 0 Å². The summed E-state index contributed by atoms with van der Waals surface area (Å²) in [6.45, 7) is 0. The maximum Gasteiger partial charge on any atom is 0.0207 e. The maximum absolute atomic E-state index is 3.19. The molecule has 0 amide bonds. The van der Waals surface area contributed by atoms with Crippen molar-refractivity contribution in [2.75, 3.05) is 0 Å². The van der Waals surface area contributed by atoms with Crippen molar-refractivity contribution in [3.8, 4) is 11.8 Å². The average Bonchev–Trinajstić information content (AvgIpc) is 2.98. The van der Waals surface area contributed by atoms with Gasteiger partial charge in [0.1, 0.15) is 0 Å². The molecule has 0 bridgehead atoms. The second kappa shape index (κ2) is 3.96. The summed E-state index contributed by atoms with van der Waals surface area (Å²) in [4.78, 5) is 0. The Bertz CT molecular complexity index is 345. The predicted octanol–water partition coefficient (Wildman–Crippen LogP) is 3.11. The minimum absolute atomic E-state index is 0.695. The summed E-state index contributed by atoms with van der Waals surface area (Å²) in [7, 11) is 0. The van der Waals surface area contributed by atoms with Crippen molar-refractivity contribution >= 4 is 6.08 Å². The highest BCUT2D eigenvalue weighted by atomic mass is 14.2. The van der Waals surface area contributed by atoms with Gasteiger partial charge in [-0.25, -0.2) is 0 Å². The van der Waals surface area contributed by atoms with Crippen LogP contribution in [0, 0.1) is 17.8 Å². The Labute approximate surface area is 79.3 Å². The Morgan fingerprint density at radius 3 is 2.62 bits per heavy atom. The molecule has 0 heteroatoms. The summed E-state index contributed by atoms with van der Waals surface area (Å²) >= 11 is 0. The number of benzene rings is 1. The van der Waals surface area contributed by atoms with Gasteiger partial charge in [0.25, 0.3) is 0 Å². The van der Waals surface area contributed by atoms with Crippen LogP contribution in [-0.2, 0) is 0 Å². The van der Waals surface area contributed by atoms with Gasteiger partial charge in [-0.05, 0) is 30.6 Å². The highest BCUT2D eigenvalue weighted by Gasteiger charge is 2.17. The molecule has 0 saturated heterocycles. The lowest BCUT2D eigenvalue weighted by Gasteiger charge is -1.87. The fourth-order valence-electron chi connectivity index (χ4n) is 1.10. The molecule has 1 aliphatic carbocycles. The van der Waals surface area contributed by atoms with Crippen LogP contribution in [-0.4, -0.2) is 0 Å². The molecule has 13 heavy (non-hydrogen) atoms. The molecule has 0 spiro atoms. The summed E-state index contributed by atoms with van der Waals surface area (Å²) in [6, 6.07) is 10.2. The molecule has 0 unspecified atom stereocenters. The monoisotopic (exact) mass is 168 g/mol. The molecular formula is C13H12. The Morgan fingerprint density at radius 1 is 1.15 bits per heavy atom. The molecule has 1 aliphatic rings. The molecular weight excluding hydrogens is 156 g/mol. The van der Waals surface area contributed by atoms with E-state index in [0.717, 1.165) is 0 Å². The third-order valence-electron chi connectivity index (χ3n) is 2.02. The van der Waals surface area contributed by atoms with Crippen LogP contribution in [0.2, 0.25) is 0 Å². The Hall–Kier alpha value is -1.48. The third-order valence-corrected chi connectivity index (χ3v) is 2.02. The van der Waals surface area contributed by atoms with E-state index in [2.05, 4.69) is 30.0 Å². The summed E-state index contributed by atoms with van der Waals surface area (Å²) < 4.78 is 0. The molecule has 1 aromatic rings. The highest BCUT2D eigenvalue weighted by molar-refractivity contribution is 5.52. The van der Waals surface area contributed by atoms with Crippen LogP contribution in [0.5, 0.6) is 0 Å². The number of rotatable bonds is 1. The van der Waals surface area contributed by atoms with Crippen molar-refractivity contribution in [2.45, 2.75) is 12.8 Å². The molecule has 0 aromatic heterocycles. The van der Waals surface area contributed by atoms with E-state index in [1.54, 1.807) is 0 Å². The Kier molecular flexibility index (Phi) is 2.48. The topological polar surface area (TPSA) is 0 Å². The molecule has 0 N–H and O–H groups in total. The van der Waals surface area contributed by atoms with Crippen molar-refractivity contribution in [1.82, 2.24) is 0 Å². The SMILES string of the molecule is C(#CC1CC1)/C=C/c1ccccc1. The van der Waals surface area contributed by atoms with Crippen LogP contribution < -0.4 is 0 Å². The van der Waals surface area contributed by atoms with E-state index in [-0.39, 0.29) is 0 Å². The van der Waals surface area contributed by atoms with E-state index in [0.29, 0.717) is 5.92 Å². The van der Waals surface area contributed by atoms with Gasteiger partial charge in [0.2, 0.25) is 0 Å². The van der Waals surface area contributed by atoms with E-state index in [1.807, 2.05) is 24.3 Å². The van der Waals surface area contributed by atoms with Crippen LogP contribution >= 0.6 is 0 Å². The maximum atomic E-state index is 3.19. The number of hydrogen-bond acceptors (Lipinski definition) is 0. The van der Waals surface area contributed by atoms with Gasteiger partial charge < -0.3 is 0 Å². The van der Waals surface area contributed by atoms with Gasteiger partial charge in [0.15, 0.2) is 0 Å². The van der Waals surface area contributed by atoms with Crippen LogP contribution in [0.3, 0.4) is 0 Å².